The van der Waals surface area contributed by atoms with Crippen LogP contribution in [0.2, 0.25) is 0 Å². The van der Waals surface area contributed by atoms with Gasteiger partial charge in [-0.15, -0.1) is 0 Å². The summed E-state index contributed by atoms with van der Waals surface area (Å²) in [7, 11) is 1.33. The van der Waals surface area contributed by atoms with Gasteiger partial charge in [0.2, 0.25) is 0 Å². The number of rotatable bonds is 6. The minimum Gasteiger partial charge on any atom is -0.469 e. The van der Waals surface area contributed by atoms with Crippen LogP contribution in [-0.2, 0) is 16.1 Å². The van der Waals surface area contributed by atoms with E-state index in [0.29, 0.717) is 11.4 Å². The Morgan fingerprint density at radius 2 is 2.09 bits per heavy atom. The fourth-order valence-electron chi connectivity index (χ4n) is 2.10. The van der Waals surface area contributed by atoms with Crippen LogP contribution in [0.25, 0.3) is 0 Å². The number of carbonyl (C=O) groups excluding carboxylic acids is 2. The largest absolute Gasteiger partial charge is 0.469 e. The highest BCUT2D eigenvalue weighted by molar-refractivity contribution is 5.89. The van der Waals surface area contributed by atoms with Gasteiger partial charge in [-0.05, 0) is 36.8 Å². The molecule has 0 aliphatic rings. The Morgan fingerprint density at radius 3 is 2.74 bits per heavy atom. The molecular formula is C17H20N2O4. The second-order valence-electron chi connectivity index (χ2n) is 5.13. The Kier molecular flexibility index (Phi) is 5.80. The lowest BCUT2D eigenvalue weighted by Crippen LogP contribution is -2.36. The van der Waals surface area contributed by atoms with Crippen LogP contribution in [-0.4, -0.2) is 30.6 Å². The number of hydrogen-bond acceptors (Lipinski definition) is 4. The number of hydrogen-bond donors (Lipinski definition) is 1. The Balaban J connectivity index is 2.04. The zero-order chi connectivity index (χ0) is 16.7. The molecule has 2 amide bonds. The van der Waals surface area contributed by atoms with Gasteiger partial charge >= 0.3 is 12.0 Å². The van der Waals surface area contributed by atoms with Gasteiger partial charge in [0.25, 0.3) is 0 Å². The van der Waals surface area contributed by atoms with Crippen LogP contribution in [0.15, 0.2) is 47.1 Å². The lowest BCUT2D eigenvalue weighted by molar-refractivity contribution is -0.140. The molecule has 1 aromatic carbocycles. The molecule has 23 heavy (non-hydrogen) atoms. The Hall–Kier alpha value is -2.76. The number of nitrogens with zero attached hydrogens (tertiary/aromatic N) is 1. The fraction of sp³-hybridized carbons (Fsp3) is 0.294. The molecule has 6 heteroatoms. The van der Waals surface area contributed by atoms with Crippen molar-refractivity contribution in [2.45, 2.75) is 19.9 Å². The molecule has 0 aliphatic carbocycles. The number of esters is 1. The number of furan rings is 1. The summed E-state index contributed by atoms with van der Waals surface area (Å²) in [6.07, 6.45) is 1.67. The van der Waals surface area contributed by atoms with Crippen LogP contribution in [0.4, 0.5) is 10.5 Å². The van der Waals surface area contributed by atoms with Crippen molar-refractivity contribution < 1.29 is 18.7 Å². The van der Waals surface area contributed by atoms with E-state index in [9.17, 15) is 9.59 Å². The highest BCUT2D eigenvalue weighted by atomic mass is 16.5. The molecule has 0 fully saturated rings. The second-order valence-corrected chi connectivity index (χ2v) is 5.13. The van der Waals surface area contributed by atoms with E-state index in [1.54, 1.807) is 18.4 Å². The summed E-state index contributed by atoms with van der Waals surface area (Å²) in [6, 6.07) is 10.8. The topological polar surface area (TPSA) is 71.8 Å². The van der Waals surface area contributed by atoms with Gasteiger partial charge in [0.1, 0.15) is 5.76 Å². The molecule has 0 spiro atoms. The Morgan fingerprint density at radius 1 is 1.26 bits per heavy atom. The molecule has 0 saturated heterocycles. The third-order valence-corrected chi connectivity index (χ3v) is 3.30. The SMILES string of the molecule is COC(=O)CCN(Cc1ccco1)C(=O)Nc1cccc(C)c1. The summed E-state index contributed by atoms with van der Waals surface area (Å²) in [6.45, 7) is 2.47. The Bertz CT molecular complexity index is 652. The summed E-state index contributed by atoms with van der Waals surface area (Å²) in [5.41, 5.74) is 1.76. The molecule has 0 atom stereocenters. The van der Waals surface area contributed by atoms with Gasteiger partial charge in [0.15, 0.2) is 0 Å². The van der Waals surface area contributed by atoms with Crippen LogP contribution in [0, 0.1) is 6.92 Å². The number of ether oxygens (including phenoxy) is 1. The van der Waals surface area contributed by atoms with Gasteiger partial charge in [0, 0.05) is 12.2 Å². The highest BCUT2D eigenvalue weighted by Gasteiger charge is 2.17. The molecule has 0 bridgehead atoms. The standard InChI is InChI=1S/C17H20N2O4/c1-13-5-3-6-14(11-13)18-17(21)19(9-8-16(20)22-2)12-15-7-4-10-23-15/h3-7,10-11H,8-9,12H2,1-2H3,(H,18,21). The lowest BCUT2D eigenvalue weighted by atomic mass is 10.2. The first-order valence-electron chi connectivity index (χ1n) is 7.30. The van der Waals surface area contributed by atoms with Gasteiger partial charge in [0.05, 0.1) is 26.3 Å². The lowest BCUT2D eigenvalue weighted by Gasteiger charge is -2.21. The van der Waals surface area contributed by atoms with Crippen LogP contribution in [0.3, 0.4) is 0 Å². The molecule has 0 unspecified atom stereocenters. The number of methoxy groups -OCH3 is 1. The van der Waals surface area contributed by atoms with Crippen LogP contribution in [0.5, 0.6) is 0 Å². The molecule has 0 saturated carbocycles. The van der Waals surface area contributed by atoms with Crippen molar-refractivity contribution in [3.63, 3.8) is 0 Å². The minimum absolute atomic E-state index is 0.123. The summed E-state index contributed by atoms with van der Waals surface area (Å²) in [5, 5.41) is 2.83. The van der Waals surface area contributed by atoms with E-state index < -0.39 is 0 Å². The van der Waals surface area contributed by atoms with Crippen molar-refractivity contribution in [2.75, 3.05) is 19.0 Å². The molecule has 6 nitrogen and oxygen atoms in total. The van der Waals surface area contributed by atoms with Gasteiger partial charge in [-0.1, -0.05) is 12.1 Å². The zero-order valence-corrected chi connectivity index (χ0v) is 13.2. The molecule has 1 aromatic heterocycles. The highest BCUT2D eigenvalue weighted by Crippen LogP contribution is 2.13. The van der Waals surface area contributed by atoms with E-state index in [-0.39, 0.29) is 31.5 Å². The fourth-order valence-corrected chi connectivity index (χ4v) is 2.10. The normalized spacial score (nSPS) is 10.2. The average molecular weight is 316 g/mol. The van der Waals surface area contributed by atoms with Crippen molar-refractivity contribution in [1.82, 2.24) is 4.90 Å². The quantitative estimate of drug-likeness (QED) is 0.831. The van der Waals surface area contributed by atoms with E-state index >= 15 is 0 Å². The molecule has 1 N–H and O–H groups in total. The van der Waals surface area contributed by atoms with Crippen LogP contribution >= 0.6 is 0 Å². The summed E-state index contributed by atoms with van der Waals surface area (Å²) in [5.74, 6) is 0.284. The zero-order valence-electron chi connectivity index (χ0n) is 13.2. The third-order valence-electron chi connectivity index (χ3n) is 3.30. The van der Waals surface area contributed by atoms with E-state index in [4.69, 9.17) is 4.42 Å². The number of nitrogens with one attached hydrogen (secondary N) is 1. The molecule has 122 valence electrons. The first-order chi connectivity index (χ1) is 11.1. The van der Waals surface area contributed by atoms with E-state index in [2.05, 4.69) is 10.1 Å². The monoisotopic (exact) mass is 316 g/mol. The molecule has 0 radical (unpaired) electrons. The third kappa shape index (κ3) is 5.18. The smallest absolute Gasteiger partial charge is 0.322 e. The Labute approximate surface area is 135 Å². The number of amides is 2. The van der Waals surface area contributed by atoms with Crippen molar-refractivity contribution in [2.24, 2.45) is 0 Å². The van der Waals surface area contributed by atoms with E-state index in [1.807, 2.05) is 31.2 Å². The number of carbonyl (C=O) groups is 2. The van der Waals surface area contributed by atoms with Gasteiger partial charge in [-0.2, -0.15) is 0 Å². The summed E-state index contributed by atoms with van der Waals surface area (Å²) in [4.78, 5) is 25.3. The van der Waals surface area contributed by atoms with Crippen molar-refractivity contribution in [1.29, 1.82) is 0 Å². The first-order valence-corrected chi connectivity index (χ1v) is 7.30. The average Bonchev–Trinajstić information content (AvgIpc) is 3.04. The maximum absolute atomic E-state index is 12.5. The van der Waals surface area contributed by atoms with Crippen molar-refractivity contribution in [3.8, 4) is 0 Å². The maximum Gasteiger partial charge on any atom is 0.322 e. The number of benzene rings is 1. The minimum atomic E-state index is -0.363. The molecular weight excluding hydrogens is 296 g/mol. The number of urea groups is 1. The van der Waals surface area contributed by atoms with Gasteiger partial charge in [-0.3, -0.25) is 4.79 Å². The predicted molar refractivity (Wildman–Crippen MR) is 85.9 cm³/mol. The molecule has 2 aromatic rings. The van der Waals surface area contributed by atoms with E-state index in [0.717, 1.165) is 5.56 Å². The van der Waals surface area contributed by atoms with Crippen molar-refractivity contribution in [3.05, 3.63) is 54.0 Å². The number of anilines is 1. The van der Waals surface area contributed by atoms with Crippen LogP contribution in [0.1, 0.15) is 17.7 Å². The van der Waals surface area contributed by atoms with Gasteiger partial charge in [-0.25, -0.2) is 4.79 Å². The molecule has 2 rings (SSSR count). The summed E-state index contributed by atoms with van der Waals surface area (Å²) < 4.78 is 9.91. The first kappa shape index (κ1) is 16.6. The molecule has 1 heterocycles. The summed E-state index contributed by atoms with van der Waals surface area (Å²) >= 11 is 0. The maximum atomic E-state index is 12.5. The van der Waals surface area contributed by atoms with Crippen molar-refractivity contribution >= 4 is 17.7 Å². The van der Waals surface area contributed by atoms with Crippen LogP contribution < -0.4 is 5.32 Å². The number of aryl methyl sites for hydroxylation is 1. The second kappa shape index (κ2) is 8.03. The molecule has 0 aliphatic heterocycles. The van der Waals surface area contributed by atoms with Gasteiger partial charge < -0.3 is 19.4 Å². The predicted octanol–water partition coefficient (Wildman–Crippen LogP) is 3.19. The van der Waals surface area contributed by atoms with E-state index in [1.165, 1.54) is 12.0 Å².